The summed E-state index contributed by atoms with van der Waals surface area (Å²) in [5, 5.41) is 0. The molecule has 2 rings (SSSR count). The fourth-order valence-corrected chi connectivity index (χ4v) is 1.79. The van der Waals surface area contributed by atoms with Gasteiger partial charge < -0.3 is 0 Å². The lowest BCUT2D eigenvalue weighted by molar-refractivity contribution is 1.04. The molecule has 0 saturated carbocycles. The molecule has 1 aromatic rings. The molecule has 0 aliphatic heterocycles. The minimum Gasteiger partial charge on any atom is -0.122 e. The van der Waals surface area contributed by atoms with Crippen LogP contribution in [-0.2, 0) is 5.88 Å². The van der Waals surface area contributed by atoms with Crippen LogP contribution >= 0.6 is 11.6 Å². The molecular formula is C13H13Cl. The third-order valence-electron chi connectivity index (χ3n) is 2.44. The van der Waals surface area contributed by atoms with Crippen LogP contribution in [0.4, 0.5) is 0 Å². The number of benzene rings is 1. The molecule has 0 N–H and O–H groups in total. The van der Waals surface area contributed by atoms with Gasteiger partial charge in [-0.1, -0.05) is 42.5 Å². The van der Waals surface area contributed by atoms with E-state index in [2.05, 4.69) is 42.5 Å². The summed E-state index contributed by atoms with van der Waals surface area (Å²) >= 11 is 5.74. The van der Waals surface area contributed by atoms with Crippen molar-refractivity contribution in [1.82, 2.24) is 0 Å². The maximum Gasteiger partial charge on any atom is 0.0474 e. The van der Waals surface area contributed by atoms with Gasteiger partial charge in [-0.3, -0.25) is 0 Å². The minimum absolute atomic E-state index is 0.592. The van der Waals surface area contributed by atoms with Gasteiger partial charge in [-0.2, -0.15) is 0 Å². The van der Waals surface area contributed by atoms with Crippen LogP contribution in [0.15, 0.2) is 42.5 Å². The van der Waals surface area contributed by atoms with E-state index in [0.29, 0.717) is 5.88 Å². The van der Waals surface area contributed by atoms with E-state index >= 15 is 0 Å². The van der Waals surface area contributed by atoms with Gasteiger partial charge >= 0.3 is 0 Å². The lowest BCUT2D eigenvalue weighted by Crippen LogP contribution is -1.86. The monoisotopic (exact) mass is 204 g/mol. The third-order valence-corrected chi connectivity index (χ3v) is 2.75. The van der Waals surface area contributed by atoms with Crippen molar-refractivity contribution in [2.75, 3.05) is 0 Å². The molecule has 0 amide bonds. The number of halogens is 1. The first kappa shape index (κ1) is 9.54. The standard InChI is InChI=1S/C13H13Cl/c14-10-11-6-8-13(9-7-11)12-4-2-1-3-5-12/h2,4-9H,1,3,10H2. The molecule has 0 bridgehead atoms. The second kappa shape index (κ2) is 4.47. The molecule has 0 atom stereocenters. The predicted molar refractivity (Wildman–Crippen MR) is 62.4 cm³/mol. The van der Waals surface area contributed by atoms with Gasteiger partial charge in [0.05, 0.1) is 0 Å². The van der Waals surface area contributed by atoms with Crippen LogP contribution in [0.5, 0.6) is 0 Å². The summed E-state index contributed by atoms with van der Waals surface area (Å²) in [6.07, 6.45) is 9.03. The maximum absolute atomic E-state index is 5.74. The Balaban J connectivity index is 2.24. The summed E-state index contributed by atoms with van der Waals surface area (Å²) < 4.78 is 0. The summed E-state index contributed by atoms with van der Waals surface area (Å²) in [5.41, 5.74) is 3.79. The van der Waals surface area contributed by atoms with Crippen LogP contribution in [0, 0.1) is 0 Å². The molecule has 0 spiro atoms. The van der Waals surface area contributed by atoms with Crippen molar-refractivity contribution in [2.24, 2.45) is 0 Å². The second-order valence-electron chi connectivity index (χ2n) is 3.47. The molecule has 14 heavy (non-hydrogen) atoms. The first-order chi connectivity index (χ1) is 6.90. The molecular weight excluding hydrogens is 192 g/mol. The molecule has 0 radical (unpaired) electrons. The SMILES string of the molecule is ClCc1ccc(C2=CCCC=C2)cc1. The van der Waals surface area contributed by atoms with Gasteiger partial charge in [0, 0.05) is 5.88 Å². The molecule has 1 aliphatic carbocycles. The summed E-state index contributed by atoms with van der Waals surface area (Å²) in [4.78, 5) is 0. The van der Waals surface area contributed by atoms with Crippen LogP contribution in [0.1, 0.15) is 24.0 Å². The van der Waals surface area contributed by atoms with Crippen LogP contribution in [0.2, 0.25) is 0 Å². The Bertz CT molecular complexity index is 357. The van der Waals surface area contributed by atoms with Gasteiger partial charge in [0.1, 0.15) is 0 Å². The van der Waals surface area contributed by atoms with Crippen molar-refractivity contribution in [3.8, 4) is 0 Å². The molecule has 0 saturated heterocycles. The fourth-order valence-electron chi connectivity index (χ4n) is 1.61. The number of alkyl halides is 1. The van der Waals surface area contributed by atoms with Gasteiger partial charge in [0.15, 0.2) is 0 Å². The second-order valence-corrected chi connectivity index (χ2v) is 3.74. The van der Waals surface area contributed by atoms with E-state index in [0.717, 1.165) is 6.42 Å². The van der Waals surface area contributed by atoms with Crippen LogP contribution in [0.3, 0.4) is 0 Å². The predicted octanol–water partition coefficient (Wildman–Crippen LogP) is 4.16. The largest absolute Gasteiger partial charge is 0.122 e. The van der Waals surface area contributed by atoms with Crippen molar-refractivity contribution in [2.45, 2.75) is 18.7 Å². The van der Waals surface area contributed by atoms with E-state index in [1.54, 1.807) is 0 Å². The summed E-state index contributed by atoms with van der Waals surface area (Å²) in [6, 6.07) is 8.45. The zero-order chi connectivity index (χ0) is 9.80. The first-order valence-corrected chi connectivity index (χ1v) is 5.45. The molecule has 1 heteroatoms. The van der Waals surface area contributed by atoms with Crippen molar-refractivity contribution in [3.63, 3.8) is 0 Å². The highest BCUT2D eigenvalue weighted by atomic mass is 35.5. The van der Waals surface area contributed by atoms with Gasteiger partial charge in [-0.25, -0.2) is 0 Å². The van der Waals surface area contributed by atoms with Gasteiger partial charge in [0.25, 0.3) is 0 Å². The Labute approximate surface area is 89.9 Å². The fraction of sp³-hybridized carbons (Fsp3) is 0.231. The number of hydrogen-bond acceptors (Lipinski definition) is 0. The van der Waals surface area contributed by atoms with Crippen LogP contribution in [0.25, 0.3) is 5.57 Å². The molecule has 0 heterocycles. The average molecular weight is 205 g/mol. The average Bonchev–Trinajstić information content (AvgIpc) is 2.30. The van der Waals surface area contributed by atoms with Crippen molar-refractivity contribution in [3.05, 3.63) is 53.6 Å². The minimum atomic E-state index is 0.592. The molecule has 0 aromatic heterocycles. The number of hydrogen-bond donors (Lipinski definition) is 0. The van der Waals surface area contributed by atoms with Crippen molar-refractivity contribution >= 4 is 17.2 Å². The molecule has 0 fully saturated rings. The van der Waals surface area contributed by atoms with Crippen LogP contribution in [-0.4, -0.2) is 0 Å². The Hall–Kier alpha value is -1.01. The number of rotatable bonds is 2. The zero-order valence-corrected chi connectivity index (χ0v) is 8.80. The van der Waals surface area contributed by atoms with Crippen LogP contribution < -0.4 is 0 Å². The molecule has 1 aliphatic rings. The third kappa shape index (κ3) is 2.08. The lowest BCUT2D eigenvalue weighted by atomic mass is 9.99. The summed E-state index contributed by atoms with van der Waals surface area (Å²) in [7, 11) is 0. The molecule has 0 unspecified atom stereocenters. The summed E-state index contributed by atoms with van der Waals surface area (Å²) in [5.74, 6) is 0.592. The zero-order valence-electron chi connectivity index (χ0n) is 8.04. The van der Waals surface area contributed by atoms with E-state index in [-0.39, 0.29) is 0 Å². The first-order valence-electron chi connectivity index (χ1n) is 4.92. The highest BCUT2D eigenvalue weighted by Gasteiger charge is 2.00. The summed E-state index contributed by atoms with van der Waals surface area (Å²) in [6.45, 7) is 0. The molecule has 1 aromatic carbocycles. The lowest BCUT2D eigenvalue weighted by Gasteiger charge is -2.07. The topological polar surface area (TPSA) is 0 Å². The van der Waals surface area contributed by atoms with E-state index in [9.17, 15) is 0 Å². The highest BCUT2D eigenvalue weighted by molar-refractivity contribution is 6.17. The van der Waals surface area contributed by atoms with Crippen molar-refractivity contribution < 1.29 is 0 Å². The normalized spacial score (nSPS) is 15.4. The maximum atomic E-state index is 5.74. The molecule has 0 nitrogen and oxygen atoms in total. The van der Waals surface area contributed by atoms with E-state index in [1.165, 1.54) is 23.1 Å². The Morgan fingerprint density at radius 1 is 1.07 bits per heavy atom. The van der Waals surface area contributed by atoms with Gasteiger partial charge in [-0.05, 0) is 29.5 Å². The quantitative estimate of drug-likeness (QED) is 0.635. The van der Waals surface area contributed by atoms with Crippen molar-refractivity contribution in [1.29, 1.82) is 0 Å². The Morgan fingerprint density at radius 3 is 2.43 bits per heavy atom. The Morgan fingerprint density at radius 2 is 1.86 bits per heavy atom. The number of allylic oxidation sites excluding steroid dienone is 4. The van der Waals surface area contributed by atoms with E-state index < -0.39 is 0 Å². The highest BCUT2D eigenvalue weighted by Crippen LogP contribution is 2.21. The van der Waals surface area contributed by atoms with E-state index in [4.69, 9.17) is 11.6 Å². The smallest absolute Gasteiger partial charge is 0.0474 e. The molecule has 72 valence electrons. The van der Waals surface area contributed by atoms with Gasteiger partial charge in [0.2, 0.25) is 0 Å². The van der Waals surface area contributed by atoms with Gasteiger partial charge in [-0.15, -0.1) is 11.6 Å². The Kier molecular flexibility index (Phi) is 3.05. The van der Waals surface area contributed by atoms with E-state index in [1.807, 2.05) is 0 Å².